The number of hydrogen-bond acceptors (Lipinski definition) is 4. The molecule has 0 aromatic heterocycles. The van der Waals surface area contributed by atoms with Crippen molar-refractivity contribution in [2.75, 3.05) is 13.1 Å². The molecular weight excluding hydrogens is 201 g/mol. The summed E-state index contributed by atoms with van der Waals surface area (Å²) < 4.78 is 13.1. The quantitative estimate of drug-likeness (QED) is 0.363. The summed E-state index contributed by atoms with van der Waals surface area (Å²) >= 11 is 0. The summed E-state index contributed by atoms with van der Waals surface area (Å²) in [6, 6.07) is 0. The van der Waals surface area contributed by atoms with Crippen molar-refractivity contribution in [3.63, 3.8) is 0 Å². The van der Waals surface area contributed by atoms with Gasteiger partial charge < -0.3 is 21.6 Å². The number of hydrogen-bond donors (Lipinski definition) is 4. The molecule has 86 valence electrons. The Balaban J connectivity index is 4.08. The van der Waals surface area contributed by atoms with Gasteiger partial charge in [0.2, 0.25) is 0 Å². The topological polar surface area (TPSA) is 99.2 Å². The first kappa shape index (κ1) is 13.7. The molecule has 15 heavy (non-hydrogen) atoms. The molecule has 0 radical (unpaired) electrons. The molecule has 0 aromatic rings. The lowest BCUT2D eigenvalue weighted by atomic mass is 10.0. The van der Waals surface area contributed by atoms with Gasteiger partial charge in [0.1, 0.15) is 5.54 Å². The average molecular weight is 217 g/mol. The number of nitrogens with two attached hydrogens (primary N) is 1. The summed E-state index contributed by atoms with van der Waals surface area (Å²) in [7, 11) is 0. The molecule has 0 heterocycles. The normalized spacial score (nSPS) is 15.8. The van der Waals surface area contributed by atoms with Crippen LogP contribution in [0.15, 0.2) is 11.9 Å². The van der Waals surface area contributed by atoms with E-state index in [9.17, 15) is 9.18 Å². The molecule has 0 aromatic carbocycles. The molecule has 0 saturated carbocycles. The Morgan fingerprint density at radius 1 is 1.73 bits per heavy atom. The van der Waals surface area contributed by atoms with Crippen molar-refractivity contribution in [1.82, 2.24) is 5.32 Å². The molecule has 0 amide bonds. The number of aliphatic carboxylic acids is 1. The molecule has 0 fully saturated rings. The Morgan fingerprint density at radius 3 is 2.80 bits per heavy atom. The van der Waals surface area contributed by atoms with Crippen LogP contribution in [0, 0.1) is 5.41 Å². The Labute approximate surface area is 87.7 Å². The highest BCUT2D eigenvalue weighted by Crippen LogP contribution is 2.10. The zero-order valence-corrected chi connectivity index (χ0v) is 8.59. The number of rotatable bonds is 7. The summed E-state index contributed by atoms with van der Waals surface area (Å²) in [6.45, 7) is 1.93. The van der Waals surface area contributed by atoms with E-state index in [0.29, 0.717) is 13.1 Å². The van der Waals surface area contributed by atoms with E-state index >= 15 is 0 Å². The number of halogens is 1. The zero-order valence-electron chi connectivity index (χ0n) is 8.59. The van der Waals surface area contributed by atoms with E-state index in [1.54, 1.807) is 0 Å². The van der Waals surface area contributed by atoms with Gasteiger partial charge in [0.25, 0.3) is 0 Å². The fourth-order valence-electron chi connectivity index (χ4n) is 0.841. The second-order valence-electron chi connectivity index (χ2n) is 3.34. The minimum Gasteiger partial charge on any atom is -0.480 e. The first-order chi connectivity index (χ1) is 6.90. The summed E-state index contributed by atoms with van der Waals surface area (Å²) in [5.41, 5.74) is 3.64. The van der Waals surface area contributed by atoms with Gasteiger partial charge in [0.15, 0.2) is 0 Å². The number of carboxylic acid groups (broad SMARTS) is 1. The second-order valence-corrected chi connectivity index (χ2v) is 3.34. The van der Waals surface area contributed by atoms with Crippen molar-refractivity contribution in [2.45, 2.75) is 18.9 Å². The first-order valence-corrected chi connectivity index (χ1v) is 4.49. The van der Waals surface area contributed by atoms with Crippen LogP contribution in [0.2, 0.25) is 0 Å². The van der Waals surface area contributed by atoms with E-state index in [-0.39, 0.29) is 6.42 Å². The summed E-state index contributed by atoms with van der Waals surface area (Å²) in [5.74, 6) is -1.84. The van der Waals surface area contributed by atoms with Crippen LogP contribution in [0.3, 0.4) is 0 Å². The number of carbonyl (C=O) groups is 1. The maximum atomic E-state index is 13.1. The van der Waals surface area contributed by atoms with Crippen molar-refractivity contribution in [1.29, 1.82) is 5.41 Å². The van der Waals surface area contributed by atoms with Crippen molar-refractivity contribution < 1.29 is 14.3 Å². The monoisotopic (exact) mass is 217 g/mol. The van der Waals surface area contributed by atoms with Crippen molar-refractivity contribution in [3.05, 3.63) is 11.9 Å². The molecule has 5 N–H and O–H groups in total. The third-order valence-electron chi connectivity index (χ3n) is 1.70. The Hall–Kier alpha value is -1.27. The van der Waals surface area contributed by atoms with Gasteiger partial charge in [-0.25, -0.2) is 9.18 Å². The molecule has 0 aliphatic carbocycles. The van der Waals surface area contributed by atoms with Gasteiger partial charge in [-0.1, -0.05) is 0 Å². The third kappa shape index (κ3) is 5.92. The molecule has 1 atom stereocenters. The van der Waals surface area contributed by atoms with Crippen LogP contribution >= 0.6 is 0 Å². The smallest absolute Gasteiger partial charge is 0.327 e. The Bertz CT molecular complexity index is 264. The van der Waals surface area contributed by atoms with Crippen molar-refractivity contribution in [2.24, 2.45) is 5.73 Å². The maximum absolute atomic E-state index is 13.1. The van der Waals surface area contributed by atoms with Gasteiger partial charge in [-0.15, -0.1) is 0 Å². The predicted octanol–water partition coefficient (Wildman–Crippen LogP) is 0.271. The molecule has 0 aliphatic rings. The van der Waals surface area contributed by atoms with Gasteiger partial charge in [0, 0.05) is 25.7 Å². The molecule has 0 saturated heterocycles. The molecule has 0 spiro atoms. The highest BCUT2D eigenvalue weighted by molar-refractivity contribution is 5.80. The standard InChI is InChI=1S/C9H16FN3O2/c1-9(12,8(14)15)6-7(10)2-4-13-5-3-11/h3,6,11,13H,2,4-5,12H2,1H3,(H,14,15)/b7-6+,11-3?. The van der Waals surface area contributed by atoms with Crippen LogP contribution in [0.1, 0.15) is 13.3 Å². The molecule has 0 aliphatic heterocycles. The predicted molar refractivity (Wildman–Crippen MR) is 55.7 cm³/mol. The van der Waals surface area contributed by atoms with Crippen LogP contribution < -0.4 is 11.1 Å². The molecule has 5 nitrogen and oxygen atoms in total. The van der Waals surface area contributed by atoms with Gasteiger partial charge in [-0.2, -0.15) is 0 Å². The van der Waals surface area contributed by atoms with Gasteiger partial charge in [-0.3, -0.25) is 0 Å². The van der Waals surface area contributed by atoms with Crippen LogP contribution in [-0.4, -0.2) is 35.9 Å². The van der Waals surface area contributed by atoms with E-state index in [2.05, 4.69) is 5.32 Å². The molecular formula is C9H16FN3O2. The van der Waals surface area contributed by atoms with Crippen LogP contribution in [0.4, 0.5) is 4.39 Å². The van der Waals surface area contributed by atoms with Gasteiger partial charge in [-0.05, 0) is 13.0 Å². The third-order valence-corrected chi connectivity index (χ3v) is 1.70. The average Bonchev–Trinajstić information content (AvgIpc) is 2.11. The minimum atomic E-state index is -1.67. The van der Waals surface area contributed by atoms with Crippen molar-refractivity contribution in [3.8, 4) is 0 Å². The molecule has 1 unspecified atom stereocenters. The summed E-state index contributed by atoms with van der Waals surface area (Å²) in [5, 5.41) is 18.1. The maximum Gasteiger partial charge on any atom is 0.327 e. The Kier molecular flexibility index (Phi) is 5.73. The number of nitrogens with one attached hydrogen (secondary N) is 2. The lowest BCUT2D eigenvalue weighted by Gasteiger charge is -2.14. The van der Waals surface area contributed by atoms with Crippen LogP contribution in [-0.2, 0) is 4.79 Å². The molecule has 6 heteroatoms. The van der Waals surface area contributed by atoms with Crippen molar-refractivity contribution >= 4 is 12.2 Å². The van der Waals surface area contributed by atoms with E-state index in [4.69, 9.17) is 16.2 Å². The highest BCUT2D eigenvalue weighted by atomic mass is 19.1. The first-order valence-electron chi connectivity index (χ1n) is 4.49. The molecule has 0 rings (SSSR count). The summed E-state index contributed by atoms with van der Waals surface area (Å²) in [4.78, 5) is 10.6. The number of carboxylic acids is 1. The fourth-order valence-corrected chi connectivity index (χ4v) is 0.841. The zero-order chi connectivity index (χ0) is 11.9. The van der Waals surface area contributed by atoms with E-state index in [1.165, 1.54) is 6.92 Å². The van der Waals surface area contributed by atoms with Gasteiger partial charge >= 0.3 is 5.97 Å². The molecule has 0 bridgehead atoms. The summed E-state index contributed by atoms with van der Waals surface area (Å²) in [6.07, 6.45) is 2.11. The highest BCUT2D eigenvalue weighted by Gasteiger charge is 2.25. The van der Waals surface area contributed by atoms with Crippen LogP contribution in [0.5, 0.6) is 0 Å². The Morgan fingerprint density at radius 2 is 2.33 bits per heavy atom. The van der Waals surface area contributed by atoms with Crippen LogP contribution in [0.25, 0.3) is 0 Å². The van der Waals surface area contributed by atoms with Gasteiger partial charge in [0.05, 0.1) is 5.83 Å². The second kappa shape index (κ2) is 6.26. The van der Waals surface area contributed by atoms with E-state index in [1.807, 2.05) is 0 Å². The largest absolute Gasteiger partial charge is 0.480 e. The minimum absolute atomic E-state index is 0.0634. The lowest BCUT2D eigenvalue weighted by molar-refractivity contribution is -0.140. The van der Waals surface area contributed by atoms with E-state index < -0.39 is 17.3 Å². The van der Waals surface area contributed by atoms with E-state index in [0.717, 1.165) is 12.3 Å². The fraction of sp³-hybridized carbons (Fsp3) is 0.556. The SMILES string of the molecule is CC(N)(/C=C(/F)CCNCC=N)C(=O)O. The lowest BCUT2D eigenvalue weighted by Crippen LogP contribution is -2.43.